The highest BCUT2D eigenvalue weighted by Gasteiger charge is 2.40. The fraction of sp³-hybridized carbons (Fsp3) is 0.531. The van der Waals surface area contributed by atoms with Gasteiger partial charge < -0.3 is 34.1 Å². The van der Waals surface area contributed by atoms with Gasteiger partial charge >= 0.3 is 12.0 Å². The summed E-state index contributed by atoms with van der Waals surface area (Å²) < 4.78 is 14.2. The number of methoxy groups -OCH3 is 1. The van der Waals surface area contributed by atoms with Gasteiger partial charge in [0, 0.05) is 98.4 Å². The summed E-state index contributed by atoms with van der Waals surface area (Å²) in [4.78, 5) is 84.1. The second-order valence-corrected chi connectivity index (χ2v) is 19.8. The molecule has 3 aliphatic rings. The van der Waals surface area contributed by atoms with Crippen LogP contribution in [0.3, 0.4) is 0 Å². The summed E-state index contributed by atoms with van der Waals surface area (Å²) in [5.41, 5.74) is 9.25. The zero-order valence-corrected chi connectivity index (χ0v) is 40.6. The number of nitrogens with zero attached hydrogens (tertiary/aromatic N) is 7. The maximum Gasteiger partial charge on any atom is 0.324 e. The molecule has 66 heavy (non-hydrogen) atoms. The van der Waals surface area contributed by atoms with E-state index >= 15 is 0 Å². The molecule has 0 saturated carbocycles. The maximum atomic E-state index is 14.6. The van der Waals surface area contributed by atoms with Crippen molar-refractivity contribution in [3.05, 3.63) is 70.8 Å². The van der Waals surface area contributed by atoms with Crippen LogP contribution >= 0.6 is 11.3 Å². The zero-order valence-electron chi connectivity index (χ0n) is 39.8. The molecule has 0 aliphatic carbocycles. The van der Waals surface area contributed by atoms with Crippen molar-refractivity contribution in [3.63, 3.8) is 0 Å². The van der Waals surface area contributed by atoms with Crippen molar-refractivity contribution in [1.29, 1.82) is 0 Å². The Hall–Kier alpha value is -5.65. The van der Waals surface area contributed by atoms with Gasteiger partial charge in [-0.1, -0.05) is 40.3 Å². The first-order valence-corrected chi connectivity index (χ1v) is 23.9. The van der Waals surface area contributed by atoms with E-state index in [-0.39, 0.29) is 43.0 Å². The molecule has 354 valence electrons. The van der Waals surface area contributed by atoms with Gasteiger partial charge in [-0.15, -0.1) is 11.3 Å². The molecule has 3 aromatic heterocycles. The van der Waals surface area contributed by atoms with E-state index in [2.05, 4.69) is 66.9 Å². The number of amides is 5. The second kappa shape index (κ2) is 20.1. The lowest BCUT2D eigenvalue weighted by Gasteiger charge is -2.43. The van der Waals surface area contributed by atoms with Gasteiger partial charge in [0.15, 0.2) is 0 Å². The number of hydrogen-bond acceptors (Lipinski definition) is 11. The van der Waals surface area contributed by atoms with Crippen molar-refractivity contribution in [1.82, 2.24) is 45.0 Å². The topological polar surface area (TPSA) is 172 Å². The molecule has 3 aliphatic heterocycles. The molecular weight excluding hydrogens is 859 g/mol. The number of aromatic nitrogens is 3. The smallest absolute Gasteiger partial charge is 0.324 e. The van der Waals surface area contributed by atoms with Crippen molar-refractivity contribution in [2.75, 3.05) is 46.9 Å². The molecule has 4 aromatic rings. The lowest BCUT2D eigenvalue weighted by atomic mass is 9.84. The number of hydrogen-bond donors (Lipinski definition) is 2. The average Bonchev–Trinajstić information content (AvgIpc) is 3.90. The lowest BCUT2D eigenvalue weighted by molar-refractivity contribution is -0.155. The van der Waals surface area contributed by atoms with E-state index in [9.17, 15) is 24.0 Å². The number of thiazole rings is 1. The summed E-state index contributed by atoms with van der Waals surface area (Å²) in [6.45, 7) is 19.6. The Labute approximate surface area is 391 Å². The number of pyridine rings is 1. The quantitative estimate of drug-likeness (QED) is 0.150. The van der Waals surface area contributed by atoms with Gasteiger partial charge in [0.25, 0.3) is 5.91 Å². The largest absolute Gasteiger partial charge is 0.464 e. The van der Waals surface area contributed by atoms with E-state index < -0.39 is 41.3 Å². The van der Waals surface area contributed by atoms with Gasteiger partial charge in [-0.3, -0.25) is 29.2 Å². The van der Waals surface area contributed by atoms with E-state index in [0.29, 0.717) is 57.0 Å². The van der Waals surface area contributed by atoms with Gasteiger partial charge in [0.2, 0.25) is 11.8 Å². The van der Waals surface area contributed by atoms with E-state index in [0.717, 1.165) is 44.7 Å². The summed E-state index contributed by atoms with van der Waals surface area (Å²) in [7, 11) is 3.28. The maximum absolute atomic E-state index is 14.6. The summed E-state index contributed by atoms with van der Waals surface area (Å²) >= 11 is 1.40. The number of urea groups is 1. The molecule has 1 aromatic carbocycles. The fourth-order valence-corrected chi connectivity index (χ4v) is 10.5. The van der Waals surface area contributed by atoms with Crippen LogP contribution in [0.4, 0.5) is 4.79 Å². The number of benzene rings is 1. The van der Waals surface area contributed by atoms with E-state index in [1.165, 1.54) is 27.3 Å². The Kier molecular flexibility index (Phi) is 14.7. The molecule has 0 spiro atoms. The highest BCUT2D eigenvalue weighted by Crippen LogP contribution is 2.42. The Morgan fingerprint density at radius 3 is 2.62 bits per heavy atom. The number of carbonyl (C=O) groups is 5. The first-order chi connectivity index (χ1) is 31.5. The minimum atomic E-state index is -1.09. The number of esters is 1. The molecule has 2 fully saturated rings. The van der Waals surface area contributed by atoms with Crippen molar-refractivity contribution >= 4 is 52.0 Å². The SMILES string of the molecule is C=CC(=O)N1CCN(C(=O)N(C)[C@H](C(=O)N[C@H]2Cc3nc(cs3)-c3ccc4c(c3)c(c(-c3cccnc3[C@H](C)OC)n4CC)CC(C)(C)COC(=O)[C@@H]3CCCN(N3)C2=O)C(C)C)[C@H](C)C1. The molecule has 2 saturated heterocycles. The third-order valence-electron chi connectivity index (χ3n) is 13.1. The van der Waals surface area contributed by atoms with Crippen molar-refractivity contribution < 1.29 is 33.4 Å². The highest BCUT2D eigenvalue weighted by atomic mass is 32.1. The molecule has 17 heteroatoms. The first-order valence-electron chi connectivity index (χ1n) is 23.0. The number of hydrazine groups is 1. The number of rotatable bonds is 9. The molecule has 5 atom stereocenters. The molecule has 0 unspecified atom stereocenters. The highest BCUT2D eigenvalue weighted by molar-refractivity contribution is 7.10. The van der Waals surface area contributed by atoms with Gasteiger partial charge in [0.05, 0.1) is 34.8 Å². The predicted octanol–water partition coefficient (Wildman–Crippen LogP) is 6.00. The average molecular weight is 924 g/mol. The van der Waals surface area contributed by atoms with Crippen LogP contribution < -0.4 is 10.7 Å². The number of aryl methyl sites for hydroxylation is 1. The zero-order chi connectivity index (χ0) is 47.6. The molecule has 0 radical (unpaired) electrons. The van der Waals surface area contributed by atoms with E-state index in [1.54, 1.807) is 30.2 Å². The molecule has 6 bridgehead atoms. The Morgan fingerprint density at radius 2 is 1.92 bits per heavy atom. The van der Waals surface area contributed by atoms with Crippen molar-refractivity contribution in [2.45, 2.75) is 111 Å². The van der Waals surface area contributed by atoms with Gasteiger partial charge in [0.1, 0.15) is 18.1 Å². The van der Waals surface area contributed by atoms with Crippen LogP contribution in [0.2, 0.25) is 0 Å². The van der Waals surface area contributed by atoms with E-state index in [4.69, 9.17) is 19.4 Å². The van der Waals surface area contributed by atoms with Crippen LogP contribution in [0, 0.1) is 11.3 Å². The Bertz CT molecular complexity index is 2480. The molecule has 5 amide bonds. The fourth-order valence-electron chi connectivity index (χ4n) is 9.64. The summed E-state index contributed by atoms with van der Waals surface area (Å²) in [5.74, 6) is -1.90. The normalized spacial score (nSPS) is 21.2. The molecule has 6 heterocycles. The number of piperazine rings is 1. The predicted molar refractivity (Wildman–Crippen MR) is 254 cm³/mol. The van der Waals surface area contributed by atoms with Gasteiger partial charge in [-0.05, 0) is 81.9 Å². The van der Waals surface area contributed by atoms with Crippen LogP contribution in [-0.2, 0) is 48.0 Å². The molecule has 2 N–H and O–H groups in total. The van der Waals surface area contributed by atoms with Crippen LogP contribution in [0.25, 0.3) is 33.4 Å². The number of cyclic esters (lactones) is 1. The third-order valence-corrected chi connectivity index (χ3v) is 14.0. The van der Waals surface area contributed by atoms with E-state index in [1.807, 2.05) is 39.1 Å². The summed E-state index contributed by atoms with van der Waals surface area (Å²) in [6.07, 6.45) is 4.44. The standard InChI is InChI=1S/C49H65N9O7S/c1-11-41(59)55-21-22-57(30(5)26-55)48(63)54(9)43(29(3)4)45(60)52-37-24-40-51-38(27-66-40)32-17-18-39-34(23-32)35(44(56(39)12-2)33-15-13-19-50-42(33)31(6)64-10)25-49(7,8)28-65-47(62)36-16-14-20-58(53-36)46(37)61/h11,13,15,17-19,23,27,29-31,36-37,43,53H,1,12,14,16,20-22,24-26,28H2,2-10H3,(H,52,60)/t30-,31+,36+,37+,43+/m1/s1. The minimum absolute atomic E-state index is 0.0703. The number of carbonyl (C=O) groups excluding carboxylic acids is 5. The summed E-state index contributed by atoms with van der Waals surface area (Å²) in [5, 5.41) is 8.10. The summed E-state index contributed by atoms with van der Waals surface area (Å²) in [6, 6.07) is 6.93. The number of ether oxygens (including phenoxy) is 2. The Morgan fingerprint density at radius 1 is 1.15 bits per heavy atom. The number of likely N-dealkylation sites (N-methyl/N-ethyl adjacent to an activating group) is 1. The molecule has 7 rings (SSSR count). The first kappa shape index (κ1) is 48.3. The molecule has 16 nitrogen and oxygen atoms in total. The third kappa shape index (κ3) is 9.88. The van der Waals surface area contributed by atoms with Crippen LogP contribution in [0.15, 0.2) is 54.6 Å². The van der Waals surface area contributed by atoms with Crippen LogP contribution in [0.5, 0.6) is 0 Å². The Balaban J connectivity index is 1.26. The van der Waals surface area contributed by atoms with Crippen molar-refractivity contribution in [3.8, 4) is 22.5 Å². The number of fused-ring (bicyclic) bond motifs is 6. The van der Waals surface area contributed by atoms with Gasteiger partial charge in [-0.25, -0.2) is 15.2 Å². The van der Waals surface area contributed by atoms with Gasteiger partial charge in [-0.2, -0.15) is 0 Å². The monoisotopic (exact) mass is 923 g/mol. The lowest BCUT2D eigenvalue weighted by Crippen LogP contribution is -2.63. The van der Waals surface area contributed by atoms with Crippen LogP contribution in [0.1, 0.15) is 83.7 Å². The van der Waals surface area contributed by atoms with Crippen LogP contribution in [-0.4, -0.2) is 135 Å². The number of nitrogens with one attached hydrogen (secondary N) is 2. The van der Waals surface area contributed by atoms with Crippen molar-refractivity contribution in [2.24, 2.45) is 11.3 Å². The second-order valence-electron chi connectivity index (χ2n) is 18.9. The minimum Gasteiger partial charge on any atom is -0.464 e. The molecular formula is C49H65N9O7S.